The number of carbonyl (C=O) groups is 1. The van der Waals surface area contributed by atoms with Crippen molar-refractivity contribution >= 4 is 5.91 Å². The number of hydrogen-bond acceptors (Lipinski definition) is 5. The SMILES string of the molecule is COc1ccc(-c2cncc(-c3ccc(C(=O)NCCO)cc3)n2)cc1. The van der Waals surface area contributed by atoms with Gasteiger partial charge in [0, 0.05) is 23.2 Å². The Kier molecular flexibility index (Phi) is 5.56. The van der Waals surface area contributed by atoms with Crippen LogP contribution in [0.25, 0.3) is 22.5 Å². The minimum atomic E-state index is -0.219. The van der Waals surface area contributed by atoms with E-state index in [1.807, 2.05) is 36.4 Å². The van der Waals surface area contributed by atoms with Crippen LogP contribution in [0.3, 0.4) is 0 Å². The average molecular weight is 349 g/mol. The normalized spacial score (nSPS) is 10.4. The number of benzene rings is 2. The van der Waals surface area contributed by atoms with Crippen molar-refractivity contribution in [2.75, 3.05) is 20.3 Å². The number of aromatic nitrogens is 2. The van der Waals surface area contributed by atoms with Gasteiger partial charge >= 0.3 is 0 Å². The number of aliphatic hydroxyl groups is 1. The first-order valence-corrected chi connectivity index (χ1v) is 8.17. The summed E-state index contributed by atoms with van der Waals surface area (Å²) in [6, 6.07) is 14.7. The lowest BCUT2D eigenvalue weighted by molar-refractivity contribution is 0.0945. The fourth-order valence-corrected chi connectivity index (χ4v) is 2.47. The van der Waals surface area contributed by atoms with Gasteiger partial charge in [0.15, 0.2) is 0 Å². The Bertz CT molecular complexity index is 878. The molecule has 0 aliphatic carbocycles. The van der Waals surface area contributed by atoms with Crippen LogP contribution in [0.4, 0.5) is 0 Å². The fourth-order valence-electron chi connectivity index (χ4n) is 2.47. The Labute approximate surface area is 151 Å². The first kappa shape index (κ1) is 17.6. The van der Waals surface area contributed by atoms with Gasteiger partial charge in [-0.1, -0.05) is 12.1 Å². The van der Waals surface area contributed by atoms with Gasteiger partial charge < -0.3 is 15.2 Å². The Balaban J connectivity index is 1.82. The number of nitrogens with one attached hydrogen (secondary N) is 1. The van der Waals surface area contributed by atoms with E-state index in [1.54, 1.807) is 31.6 Å². The molecule has 6 nitrogen and oxygen atoms in total. The molecule has 26 heavy (non-hydrogen) atoms. The summed E-state index contributed by atoms with van der Waals surface area (Å²) in [5.74, 6) is 0.566. The predicted molar refractivity (Wildman–Crippen MR) is 98.9 cm³/mol. The Morgan fingerprint density at radius 2 is 1.58 bits per heavy atom. The second-order valence-electron chi connectivity index (χ2n) is 5.57. The van der Waals surface area contributed by atoms with Gasteiger partial charge in [0.25, 0.3) is 5.91 Å². The highest BCUT2D eigenvalue weighted by molar-refractivity contribution is 5.94. The lowest BCUT2D eigenvalue weighted by Crippen LogP contribution is -2.26. The van der Waals surface area contributed by atoms with E-state index < -0.39 is 0 Å². The van der Waals surface area contributed by atoms with Gasteiger partial charge in [0.1, 0.15) is 5.75 Å². The van der Waals surface area contributed by atoms with Crippen LogP contribution >= 0.6 is 0 Å². The van der Waals surface area contributed by atoms with E-state index in [0.717, 1.165) is 28.3 Å². The van der Waals surface area contributed by atoms with Crippen molar-refractivity contribution in [3.8, 4) is 28.3 Å². The molecule has 6 heteroatoms. The summed E-state index contributed by atoms with van der Waals surface area (Å²) >= 11 is 0. The summed E-state index contributed by atoms with van der Waals surface area (Å²) in [6.07, 6.45) is 3.40. The number of aliphatic hydroxyl groups excluding tert-OH is 1. The Morgan fingerprint density at radius 1 is 1.00 bits per heavy atom. The van der Waals surface area contributed by atoms with Crippen molar-refractivity contribution in [3.05, 3.63) is 66.5 Å². The number of methoxy groups -OCH3 is 1. The number of carbonyl (C=O) groups excluding carboxylic acids is 1. The summed E-state index contributed by atoms with van der Waals surface area (Å²) in [5.41, 5.74) is 3.82. The van der Waals surface area contributed by atoms with E-state index in [2.05, 4.69) is 15.3 Å². The molecule has 0 unspecified atom stereocenters. The third-order valence-corrected chi connectivity index (χ3v) is 3.86. The second kappa shape index (κ2) is 8.22. The largest absolute Gasteiger partial charge is 0.497 e. The minimum absolute atomic E-state index is 0.0857. The highest BCUT2D eigenvalue weighted by Gasteiger charge is 2.08. The molecule has 2 aromatic carbocycles. The summed E-state index contributed by atoms with van der Waals surface area (Å²) < 4.78 is 5.17. The molecule has 1 amide bonds. The molecule has 0 radical (unpaired) electrons. The van der Waals surface area contributed by atoms with Crippen LogP contribution in [0.5, 0.6) is 5.75 Å². The molecule has 0 fully saturated rings. The second-order valence-corrected chi connectivity index (χ2v) is 5.57. The molecule has 0 saturated heterocycles. The van der Waals surface area contributed by atoms with Crippen molar-refractivity contribution in [2.24, 2.45) is 0 Å². The van der Waals surface area contributed by atoms with Crippen molar-refractivity contribution in [3.63, 3.8) is 0 Å². The zero-order valence-electron chi connectivity index (χ0n) is 14.3. The van der Waals surface area contributed by atoms with E-state index in [-0.39, 0.29) is 19.1 Å². The molecule has 0 saturated carbocycles. The van der Waals surface area contributed by atoms with Crippen molar-refractivity contribution < 1.29 is 14.6 Å². The molecule has 1 aromatic heterocycles. The topological polar surface area (TPSA) is 84.3 Å². The quantitative estimate of drug-likeness (QED) is 0.714. The minimum Gasteiger partial charge on any atom is -0.497 e. The summed E-state index contributed by atoms with van der Waals surface area (Å²) in [7, 11) is 1.63. The maximum atomic E-state index is 11.9. The highest BCUT2D eigenvalue weighted by Crippen LogP contribution is 2.23. The van der Waals surface area contributed by atoms with E-state index in [0.29, 0.717) is 5.56 Å². The zero-order chi connectivity index (χ0) is 18.4. The molecule has 1 heterocycles. The molecular weight excluding hydrogens is 330 g/mol. The van der Waals surface area contributed by atoms with Crippen LogP contribution in [0, 0.1) is 0 Å². The lowest BCUT2D eigenvalue weighted by atomic mass is 10.1. The molecule has 132 valence electrons. The van der Waals surface area contributed by atoms with Crippen LogP contribution in [0.2, 0.25) is 0 Å². The Morgan fingerprint density at radius 3 is 2.12 bits per heavy atom. The van der Waals surface area contributed by atoms with Crippen molar-refractivity contribution in [1.29, 1.82) is 0 Å². The summed E-state index contributed by atoms with van der Waals surface area (Å²) in [6.45, 7) is 0.146. The fraction of sp³-hybridized carbons (Fsp3) is 0.150. The molecular formula is C20H19N3O3. The number of ether oxygens (including phenoxy) is 1. The number of amides is 1. The van der Waals surface area contributed by atoms with Crippen molar-refractivity contribution in [2.45, 2.75) is 0 Å². The maximum Gasteiger partial charge on any atom is 0.251 e. The van der Waals surface area contributed by atoms with Gasteiger partial charge in [0.2, 0.25) is 0 Å². The molecule has 0 spiro atoms. The number of nitrogens with zero attached hydrogens (tertiary/aromatic N) is 2. The third kappa shape index (κ3) is 4.04. The Hall–Kier alpha value is -3.25. The molecule has 0 aliphatic rings. The average Bonchev–Trinajstić information content (AvgIpc) is 2.72. The van der Waals surface area contributed by atoms with Crippen LogP contribution in [0.1, 0.15) is 10.4 Å². The summed E-state index contributed by atoms with van der Waals surface area (Å²) in [4.78, 5) is 20.8. The molecule has 0 bridgehead atoms. The van der Waals surface area contributed by atoms with Gasteiger partial charge in [-0.3, -0.25) is 9.78 Å². The van der Waals surface area contributed by atoms with E-state index in [1.165, 1.54) is 0 Å². The van der Waals surface area contributed by atoms with E-state index >= 15 is 0 Å². The highest BCUT2D eigenvalue weighted by atomic mass is 16.5. The smallest absolute Gasteiger partial charge is 0.251 e. The van der Waals surface area contributed by atoms with Crippen molar-refractivity contribution in [1.82, 2.24) is 15.3 Å². The van der Waals surface area contributed by atoms with E-state index in [4.69, 9.17) is 9.84 Å². The lowest BCUT2D eigenvalue weighted by Gasteiger charge is -2.07. The zero-order valence-corrected chi connectivity index (χ0v) is 14.3. The first-order valence-electron chi connectivity index (χ1n) is 8.17. The predicted octanol–water partition coefficient (Wildman–Crippen LogP) is 2.54. The standard InChI is InChI=1S/C20H19N3O3/c1-26-17-8-6-15(7-9-17)19-13-21-12-18(23-19)14-2-4-16(5-3-14)20(25)22-10-11-24/h2-9,12-13,24H,10-11H2,1H3,(H,22,25). The van der Waals surface area contributed by atoms with Crippen LogP contribution in [-0.4, -0.2) is 41.2 Å². The van der Waals surface area contributed by atoms with Crippen LogP contribution < -0.4 is 10.1 Å². The molecule has 2 N–H and O–H groups in total. The first-order chi connectivity index (χ1) is 12.7. The molecule has 3 rings (SSSR count). The maximum absolute atomic E-state index is 11.9. The van der Waals surface area contributed by atoms with Gasteiger partial charge in [-0.2, -0.15) is 0 Å². The molecule has 0 atom stereocenters. The van der Waals surface area contributed by atoms with Gasteiger partial charge in [-0.05, 0) is 36.4 Å². The van der Waals surface area contributed by atoms with Crippen LogP contribution in [-0.2, 0) is 0 Å². The van der Waals surface area contributed by atoms with Crippen LogP contribution in [0.15, 0.2) is 60.9 Å². The molecule has 0 aliphatic heterocycles. The summed E-state index contributed by atoms with van der Waals surface area (Å²) in [5, 5.41) is 11.4. The van der Waals surface area contributed by atoms with E-state index in [9.17, 15) is 4.79 Å². The van der Waals surface area contributed by atoms with Gasteiger partial charge in [-0.15, -0.1) is 0 Å². The number of rotatable bonds is 6. The third-order valence-electron chi connectivity index (χ3n) is 3.86. The van der Waals surface area contributed by atoms with Gasteiger partial charge in [-0.25, -0.2) is 4.98 Å². The van der Waals surface area contributed by atoms with Gasteiger partial charge in [0.05, 0.1) is 37.5 Å². The number of hydrogen-bond donors (Lipinski definition) is 2. The monoisotopic (exact) mass is 349 g/mol. The molecule has 3 aromatic rings.